The van der Waals surface area contributed by atoms with Crippen molar-refractivity contribution in [3.8, 4) is 17.0 Å². The molecule has 0 saturated carbocycles. The van der Waals surface area contributed by atoms with Gasteiger partial charge in [-0.2, -0.15) is 21.6 Å². The first-order chi connectivity index (χ1) is 13.3. The summed E-state index contributed by atoms with van der Waals surface area (Å²) in [4.78, 5) is 4.41. The zero-order valence-corrected chi connectivity index (χ0v) is 19.3. The number of alkyl halides is 3. The first-order valence-corrected chi connectivity index (χ1v) is 10.9. The molecule has 0 bridgehead atoms. The highest BCUT2D eigenvalue weighted by Gasteiger charge is 2.49. The molecule has 0 aliphatic rings. The van der Waals surface area contributed by atoms with Crippen LogP contribution in [0.25, 0.3) is 11.3 Å². The van der Waals surface area contributed by atoms with Crippen LogP contribution in [-0.4, -0.2) is 18.9 Å². The van der Waals surface area contributed by atoms with Crippen molar-refractivity contribution in [2.24, 2.45) is 0 Å². The van der Waals surface area contributed by atoms with Crippen LogP contribution in [0.2, 0.25) is 0 Å². The Morgan fingerprint density at radius 1 is 0.900 bits per heavy atom. The van der Waals surface area contributed by atoms with E-state index in [9.17, 15) is 21.6 Å². The molecule has 0 saturated heterocycles. The van der Waals surface area contributed by atoms with E-state index in [1.807, 2.05) is 60.6 Å². The van der Waals surface area contributed by atoms with Crippen molar-refractivity contribution in [2.75, 3.05) is 0 Å². The van der Waals surface area contributed by atoms with Gasteiger partial charge in [-0.05, 0) is 53.0 Å². The Bertz CT molecular complexity index is 1060. The van der Waals surface area contributed by atoms with Crippen molar-refractivity contribution in [2.45, 2.75) is 71.7 Å². The Hall–Kier alpha value is -2.09. The third-order valence-electron chi connectivity index (χ3n) is 4.71. The van der Waals surface area contributed by atoms with Crippen molar-refractivity contribution >= 4 is 10.1 Å². The van der Waals surface area contributed by atoms with E-state index < -0.39 is 26.5 Å². The third-order valence-corrected chi connectivity index (χ3v) is 5.68. The smallest absolute Gasteiger partial charge is 0.375 e. The number of hydrogen-bond acceptors (Lipinski definition) is 4. The van der Waals surface area contributed by atoms with Gasteiger partial charge in [0.2, 0.25) is 0 Å². The van der Waals surface area contributed by atoms with Gasteiger partial charge in [-0.15, -0.1) is 0 Å². The second kappa shape index (κ2) is 7.55. The first kappa shape index (κ1) is 24.2. The summed E-state index contributed by atoms with van der Waals surface area (Å²) in [6.45, 7) is 15.0. The van der Waals surface area contributed by atoms with E-state index >= 15 is 0 Å². The van der Waals surface area contributed by atoms with Crippen molar-refractivity contribution in [3.05, 3.63) is 46.6 Å². The van der Waals surface area contributed by atoms with E-state index in [4.69, 9.17) is 4.18 Å². The summed E-state index contributed by atoms with van der Waals surface area (Å²) in [7, 11) is -5.85. The molecule has 2 rings (SSSR count). The van der Waals surface area contributed by atoms with E-state index in [0.717, 1.165) is 5.56 Å². The number of halogens is 3. The molecule has 30 heavy (non-hydrogen) atoms. The molecular formula is C22H28F3NO3S. The lowest BCUT2D eigenvalue weighted by Crippen LogP contribution is -2.29. The summed E-state index contributed by atoms with van der Waals surface area (Å²) >= 11 is 0. The number of rotatable bonds is 3. The molecule has 1 aromatic heterocycles. The maximum atomic E-state index is 13.1. The van der Waals surface area contributed by atoms with E-state index in [1.165, 1.54) is 6.07 Å². The van der Waals surface area contributed by atoms with Crippen LogP contribution < -0.4 is 4.18 Å². The molecule has 166 valence electrons. The normalized spacial score (nSPS) is 13.4. The molecule has 0 atom stereocenters. The highest BCUT2D eigenvalue weighted by Crippen LogP contribution is 2.44. The summed E-state index contributed by atoms with van der Waals surface area (Å²) in [5.41, 5.74) is -2.97. The fourth-order valence-electron chi connectivity index (χ4n) is 3.09. The van der Waals surface area contributed by atoms with E-state index in [-0.39, 0.29) is 11.3 Å². The average Bonchev–Trinajstić information content (AvgIpc) is 2.51. The van der Waals surface area contributed by atoms with Crippen molar-refractivity contribution in [1.29, 1.82) is 0 Å². The Morgan fingerprint density at radius 3 is 1.90 bits per heavy atom. The quantitative estimate of drug-likeness (QED) is 0.419. The zero-order valence-electron chi connectivity index (χ0n) is 18.5. The number of nitrogens with zero attached hydrogens (tertiary/aromatic N) is 1. The van der Waals surface area contributed by atoms with Gasteiger partial charge in [0.1, 0.15) is 0 Å². The van der Waals surface area contributed by atoms with Crippen molar-refractivity contribution < 1.29 is 25.8 Å². The van der Waals surface area contributed by atoms with Crippen LogP contribution in [0.1, 0.15) is 63.8 Å². The Balaban J connectivity index is 2.99. The highest BCUT2D eigenvalue weighted by molar-refractivity contribution is 7.88. The molecule has 2 aromatic rings. The molecule has 0 fully saturated rings. The predicted octanol–water partition coefficient (Wildman–Crippen LogP) is 6.19. The van der Waals surface area contributed by atoms with Crippen LogP contribution in [-0.2, 0) is 20.9 Å². The van der Waals surface area contributed by atoms with Crippen molar-refractivity contribution in [1.82, 2.24) is 4.98 Å². The lowest BCUT2D eigenvalue weighted by molar-refractivity contribution is -0.0499. The number of aromatic nitrogens is 1. The van der Waals surface area contributed by atoms with Gasteiger partial charge in [-0.1, -0.05) is 53.7 Å². The van der Waals surface area contributed by atoms with Gasteiger partial charge in [0.25, 0.3) is 0 Å². The number of pyridine rings is 1. The molecule has 8 heteroatoms. The van der Waals surface area contributed by atoms with Gasteiger partial charge in [0.05, 0.1) is 5.69 Å². The summed E-state index contributed by atoms with van der Waals surface area (Å²) in [5.74, 6) is -0.371. The first-order valence-electron chi connectivity index (χ1n) is 9.48. The minimum atomic E-state index is -5.85. The topological polar surface area (TPSA) is 56.3 Å². The number of aryl methyl sites for hydroxylation is 2. The van der Waals surface area contributed by atoms with Crippen LogP contribution in [0.5, 0.6) is 5.75 Å². The second-order valence-electron chi connectivity index (χ2n) is 9.56. The van der Waals surface area contributed by atoms with E-state index in [0.29, 0.717) is 22.4 Å². The van der Waals surface area contributed by atoms with Crippen LogP contribution >= 0.6 is 0 Å². The Labute approximate surface area is 176 Å². The van der Waals surface area contributed by atoms with Gasteiger partial charge >= 0.3 is 15.6 Å². The Kier molecular flexibility index (Phi) is 6.09. The van der Waals surface area contributed by atoms with Gasteiger partial charge in [-0.3, -0.25) is 4.98 Å². The summed E-state index contributed by atoms with van der Waals surface area (Å²) in [5, 5.41) is 0. The van der Waals surface area contributed by atoms with Gasteiger partial charge < -0.3 is 4.18 Å². The minimum absolute atomic E-state index is 0.251. The predicted molar refractivity (Wildman–Crippen MR) is 112 cm³/mol. The molecule has 0 N–H and O–H groups in total. The number of hydrogen-bond donors (Lipinski definition) is 0. The number of benzene rings is 1. The lowest BCUT2D eigenvalue weighted by atomic mass is 9.77. The minimum Gasteiger partial charge on any atom is -0.375 e. The third kappa shape index (κ3) is 4.96. The fraction of sp³-hybridized carbons (Fsp3) is 0.500. The SMILES string of the molecule is Cc1cnc(-c2c(OS(=O)(=O)C(F)(F)F)cc(C(C)(C)C)cc2C(C)(C)C)c(C)c1. The molecule has 4 nitrogen and oxygen atoms in total. The lowest BCUT2D eigenvalue weighted by Gasteiger charge is -2.29. The summed E-state index contributed by atoms with van der Waals surface area (Å²) < 4.78 is 67.9. The maximum Gasteiger partial charge on any atom is 0.534 e. The molecular weight excluding hydrogens is 415 g/mol. The molecule has 0 unspecified atom stereocenters. The molecule has 0 aliphatic carbocycles. The van der Waals surface area contributed by atoms with Gasteiger partial charge in [0.15, 0.2) is 5.75 Å². The standard InChI is InChI=1S/C22H28F3NO3S/c1-13-9-14(2)19(26-12-13)18-16(21(6,7)8)10-15(20(3,4)5)11-17(18)29-30(27,28)22(23,24)25/h9-12H,1-8H3. The summed E-state index contributed by atoms with van der Waals surface area (Å²) in [6.07, 6.45) is 1.59. The van der Waals surface area contributed by atoms with Crippen LogP contribution in [0.3, 0.4) is 0 Å². The maximum absolute atomic E-state index is 13.1. The highest BCUT2D eigenvalue weighted by atomic mass is 32.2. The van der Waals surface area contributed by atoms with Crippen LogP contribution in [0.15, 0.2) is 24.4 Å². The van der Waals surface area contributed by atoms with E-state index in [1.54, 1.807) is 13.1 Å². The largest absolute Gasteiger partial charge is 0.534 e. The second-order valence-corrected chi connectivity index (χ2v) is 11.1. The summed E-state index contributed by atoms with van der Waals surface area (Å²) in [6, 6.07) is 5.10. The molecule has 1 heterocycles. The van der Waals surface area contributed by atoms with E-state index in [2.05, 4.69) is 4.98 Å². The zero-order chi connectivity index (χ0) is 23.3. The molecule has 1 aromatic carbocycles. The van der Waals surface area contributed by atoms with Crippen LogP contribution in [0, 0.1) is 13.8 Å². The average molecular weight is 444 g/mol. The monoisotopic (exact) mass is 443 g/mol. The van der Waals surface area contributed by atoms with Crippen LogP contribution in [0.4, 0.5) is 13.2 Å². The van der Waals surface area contributed by atoms with Gasteiger partial charge in [-0.25, -0.2) is 0 Å². The molecule has 0 spiro atoms. The Morgan fingerprint density at radius 2 is 1.47 bits per heavy atom. The van der Waals surface area contributed by atoms with Crippen molar-refractivity contribution in [3.63, 3.8) is 0 Å². The molecule has 0 aliphatic heterocycles. The fourth-order valence-corrected chi connectivity index (χ4v) is 3.55. The molecule has 0 radical (unpaired) electrons. The van der Waals surface area contributed by atoms with Gasteiger partial charge in [0, 0.05) is 11.8 Å². The molecule has 0 amide bonds.